The number of amides is 2. The van der Waals surface area contributed by atoms with Crippen molar-refractivity contribution in [2.75, 3.05) is 24.3 Å². The predicted octanol–water partition coefficient (Wildman–Crippen LogP) is 2.71. The van der Waals surface area contributed by atoms with Gasteiger partial charge >= 0.3 is 12.0 Å². The number of anilines is 2. The molecule has 2 amide bonds. The number of rotatable bonds is 5. The molecule has 25 heavy (non-hydrogen) atoms. The van der Waals surface area contributed by atoms with Crippen molar-refractivity contribution < 1.29 is 14.7 Å². The summed E-state index contributed by atoms with van der Waals surface area (Å²) in [5.74, 6) is -0.299. The lowest BCUT2D eigenvalue weighted by Gasteiger charge is -2.52. The summed E-state index contributed by atoms with van der Waals surface area (Å²) in [6.45, 7) is 7.72. The van der Waals surface area contributed by atoms with Crippen LogP contribution < -0.4 is 15.5 Å². The standard InChI is InChI=1S/C18H28N4O3/c1-10-7-8-14(15(19-10)22(5)6)21-17(25)20-11(2)12-9-13(16(23)24)18(12,3)4/h7-8,11-13H,9H2,1-6H3,(H,23,24)(H2,20,21,25)/t11?,12-,13+/m0/s1. The molecule has 0 saturated heterocycles. The van der Waals surface area contributed by atoms with Gasteiger partial charge in [0.05, 0.1) is 11.6 Å². The molecule has 7 nitrogen and oxygen atoms in total. The maximum absolute atomic E-state index is 12.4. The van der Waals surface area contributed by atoms with E-state index in [-0.39, 0.29) is 29.3 Å². The van der Waals surface area contributed by atoms with Gasteiger partial charge < -0.3 is 20.6 Å². The number of aryl methyl sites for hydroxylation is 1. The number of carbonyl (C=O) groups is 2. The molecule has 1 unspecified atom stereocenters. The number of aliphatic carboxylic acids is 1. The molecule has 0 bridgehead atoms. The van der Waals surface area contributed by atoms with Crippen LogP contribution in [0.25, 0.3) is 0 Å². The van der Waals surface area contributed by atoms with E-state index in [1.165, 1.54) is 0 Å². The lowest BCUT2D eigenvalue weighted by molar-refractivity contribution is -0.160. The highest BCUT2D eigenvalue weighted by Crippen LogP contribution is 2.52. The first-order valence-electron chi connectivity index (χ1n) is 8.49. The Morgan fingerprint density at radius 1 is 1.36 bits per heavy atom. The van der Waals surface area contributed by atoms with E-state index in [1.807, 2.05) is 58.8 Å². The molecule has 1 aliphatic rings. The molecular formula is C18H28N4O3. The third-order valence-electron chi connectivity index (χ3n) is 5.29. The first-order chi connectivity index (χ1) is 11.5. The van der Waals surface area contributed by atoms with Crippen molar-refractivity contribution in [2.45, 2.75) is 40.2 Å². The normalized spacial score (nSPS) is 22.5. The Bertz CT molecular complexity index is 672. The summed E-state index contributed by atoms with van der Waals surface area (Å²) in [5.41, 5.74) is 1.18. The average Bonchev–Trinajstić information content (AvgIpc) is 2.47. The lowest BCUT2D eigenvalue weighted by atomic mass is 9.53. The number of urea groups is 1. The minimum atomic E-state index is -0.765. The molecule has 7 heteroatoms. The molecule has 138 valence electrons. The van der Waals surface area contributed by atoms with Crippen molar-refractivity contribution in [1.82, 2.24) is 10.3 Å². The Hall–Kier alpha value is -2.31. The van der Waals surface area contributed by atoms with Gasteiger partial charge in [0, 0.05) is 25.8 Å². The van der Waals surface area contributed by atoms with Crippen molar-refractivity contribution in [2.24, 2.45) is 17.3 Å². The minimum absolute atomic E-state index is 0.119. The Morgan fingerprint density at radius 2 is 2.00 bits per heavy atom. The zero-order chi connectivity index (χ0) is 18.9. The average molecular weight is 348 g/mol. The molecular weight excluding hydrogens is 320 g/mol. The van der Waals surface area contributed by atoms with Crippen LogP contribution in [-0.2, 0) is 4.79 Å². The zero-order valence-electron chi connectivity index (χ0n) is 15.8. The summed E-state index contributed by atoms with van der Waals surface area (Å²) in [4.78, 5) is 29.9. The number of pyridine rings is 1. The zero-order valence-corrected chi connectivity index (χ0v) is 15.8. The maximum Gasteiger partial charge on any atom is 0.319 e. The largest absolute Gasteiger partial charge is 0.481 e. The van der Waals surface area contributed by atoms with Gasteiger partial charge in [0.2, 0.25) is 0 Å². The maximum atomic E-state index is 12.4. The molecule has 1 aliphatic carbocycles. The number of carboxylic acid groups (broad SMARTS) is 1. The van der Waals surface area contributed by atoms with Gasteiger partial charge in [-0.05, 0) is 43.7 Å². The Balaban J connectivity index is 2.01. The summed E-state index contributed by atoms with van der Waals surface area (Å²) in [6.07, 6.45) is 0.582. The molecule has 1 saturated carbocycles. The van der Waals surface area contributed by atoms with Gasteiger partial charge in [0.25, 0.3) is 0 Å². The Kier molecular flexibility index (Phi) is 5.25. The van der Waals surface area contributed by atoms with Crippen LogP contribution in [0.2, 0.25) is 0 Å². The van der Waals surface area contributed by atoms with E-state index in [2.05, 4.69) is 15.6 Å². The number of hydrogen-bond donors (Lipinski definition) is 3. The fourth-order valence-electron chi connectivity index (χ4n) is 3.67. The second kappa shape index (κ2) is 6.90. The Labute approximate surface area is 148 Å². The second-order valence-corrected chi connectivity index (χ2v) is 7.66. The predicted molar refractivity (Wildman–Crippen MR) is 97.9 cm³/mol. The molecule has 3 N–H and O–H groups in total. The summed E-state index contributed by atoms with van der Waals surface area (Å²) >= 11 is 0. The first kappa shape index (κ1) is 19.0. The Morgan fingerprint density at radius 3 is 2.52 bits per heavy atom. The third-order valence-corrected chi connectivity index (χ3v) is 5.29. The van der Waals surface area contributed by atoms with Crippen molar-refractivity contribution in [3.63, 3.8) is 0 Å². The number of carbonyl (C=O) groups excluding carboxylic acids is 1. The van der Waals surface area contributed by atoms with Crippen LogP contribution in [0.15, 0.2) is 12.1 Å². The molecule has 1 aromatic rings. The number of aromatic nitrogens is 1. The third kappa shape index (κ3) is 3.86. The van der Waals surface area contributed by atoms with Crippen molar-refractivity contribution in [1.29, 1.82) is 0 Å². The van der Waals surface area contributed by atoms with Crippen LogP contribution in [0, 0.1) is 24.2 Å². The molecule has 0 spiro atoms. The van der Waals surface area contributed by atoms with Crippen molar-refractivity contribution >= 4 is 23.5 Å². The fourth-order valence-corrected chi connectivity index (χ4v) is 3.67. The minimum Gasteiger partial charge on any atom is -0.481 e. The first-order valence-corrected chi connectivity index (χ1v) is 8.49. The fraction of sp³-hybridized carbons (Fsp3) is 0.611. The number of carboxylic acids is 1. The monoisotopic (exact) mass is 348 g/mol. The number of nitrogens with zero attached hydrogens (tertiary/aromatic N) is 2. The summed E-state index contributed by atoms with van der Waals surface area (Å²) < 4.78 is 0. The number of hydrogen-bond acceptors (Lipinski definition) is 4. The van der Waals surface area contributed by atoms with Crippen LogP contribution in [0.1, 0.15) is 32.9 Å². The van der Waals surface area contributed by atoms with E-state index in [4.69, 9.17) is 0 Å². The highest BCUT2D eigenvalue weighted by atomic mass is 16.4. The molecule has 0 radical (unpaired) electrons. The molecule has 2 rings (SSSR count). The molecule has 1 heterocycles. The quantitative estimate of drug-likeness (QED) is 0.760. The molecule has 3 atom stereocenters. The highest BCUT2D eigenvalue weighted by Gasteiger charge is 2.53. The van der Waals surface area contributed by atoms with Gasteiger partial charge in [0.1, 0.15) is 0 Å². The van der Waals surface area contributed by atoms with Crippen LogP contribution in [0.4, 0.5) is 16.3 Å². The molecule has 0 aliphatic heterocycles. The van der Waals surface area contributed by atoms with E-state index in [1.54, 1.807) is 0 Å². The summed E-state index contributed by atoms with van der Waals surface area (Å²) in [6, 6.07) is 3.25. The van der Waals surface area contributed by atoms with Crippen LogP contribution >= 0.6 is 0 Å². The van der Waals surface area contributed by atoms with Crippen LogP contribution in [-0.4, -0.2) is 42.2 Å². The second-order valence-electron chi connectivity index (χ2n) is 7.66. The van der Waals surface area contributed by atoms with E-state index in [0.29, 0.717) is 17.9 Å². The molecule has 1 fully saturated rings. The van der Waals surface area contributed by atoms with Gasteiger partial charge in [0.15, 0.2) is 5.82 Å². The summed E-state index contributed by atoms with van der Waals surface area (Å²) in [7, 11) is 3.74. The van der Waals surface area contributed by atoms with E-state index in [0.717, 1.165) is 5.69 Å². The highest BCUT2D eigenvalue weighted by molar-refractivity contribution is 5.92. The van der Waals surface area contributed by atoms with Crippen molar-refractivity contribution in [3.8, 4) is 0 Å². The van der Waals surface area contributed by atoms with Crippen molar-refractivity contribution in [3.05, 3.63) is 17.8 Å². The van der Waals surface area contributed by atoms with Gasteiger partial charge in [-0.15, -0.1) is 0 Å². The van der Waals surface area contributed by atoms with Gasteiger partial charge in [-0.25, -0.2) is 9.78 Å². The lowest BCUT2D eigenvalue weighted by Crippen LogP contribution is -2.57. The summed E-state index contributed by atoms with van der Waals surface area (Å²) in [5, 5.41) is 15.0. The van der Waals surface area contributed by atoms with E-state index in [9.17, 15) is 14.7 Å². The number of nitrogens with one attached hydrogen (secondary N) is 2. The van der Waals surface area contributed by atoms with E-state index < -0.39 is 5.97 Å². The van der Waals surface area contributed by atoms with Crippen LogP contribution in [0.5, 0.6) is 0 Å². The topological polar surface area (TPSA) is 94.6 Å². The van der Waals surface area contributed by atoms with Crippen LogP contribution in [0.3, 0.4) is 0 Å². The molecule has 0 aromatic carbocycles. The van der Waals surface area contributed by atoms with Gasteiger partial charge in [-0.2, -0.15) is 0 Å². The van der Waals surface area contributed by atoms with Gasteiger partial charge in [-0.1, -0.05) is 13.8 Å². The van der Waals surface area contributed by atoms with E-state index >= 15 is 0 Å². The SMILES string of the molecule is Cc1ccc(NC(=O)NC(C)[C@@H]2C[C@H](C(=O)O)C2(C)C)c(N(C)C)n1. The van der Waals surface area contributed by atoms with Gasteiger partial charge in [-0.3, -0.25) is 4.79 Å². The molecule has 1 aromatic heterocycles. The smallest absolute Gasteiger partial charge is 0.319 e.